The summed E-state index contributed by atoms with van der Waals surface area (Å²) in [5, 5.41) is 0. The number of ether oxygens (including phenoxy) is 5. The summed E-state index contributed by atoms with van der Waals surface area (Å²) in [6.45, 7) is 6.00. The zero-order valence-corrected chi connectivity index (χ0v) is 11.6. The van der Waals surface area contributed by atoms with Gasteiger partial charge in [0.15, 0.2) is 0 Å². The third-order valence-corrected chi connectivity index (χ3v) is 1.90. The summed E-state index contributed by atoms with van der Waals surface area (Å²) >= 11 is 0. The Morgan fingerprint density at radius 3 is 1.79 bits per heavy atom. The second-order valence-corrected chi connectivity index (χ2v) is 3.48. The summed E-state index contributed by atoms with van der Waals surface area (Å²) in [6, 6.07) is 0. The Morgan fingerprint density at radius 1 is 0.842 bits per heavy atom. The summed E-state index contributed by atoms with van der Waals surface area (Å²) in [7, 11) is 0. The molecular weight excluding hydrogens is 254 g/mol. The van der Waals surface area contributed by atoms with Crippen molar-refractivity contribution < 1.29 is 28.5 Å². The lowest BCUT2D eigenvalue weighted by atomic mass is 10.6. The van der Waals surface area contributed by atoms with Gasteiger partial charge in [-0.1, -0.05) is 0 Å². The molecule has 0 aromatic carbocycles. The average molecular weight is 279 g/mol. The van der Waals surface area contributed by atoms with E-state index in [-0.39, 0.29) is 12.6 Å². The first-order valence-corrected chi connectivity index (χ1v) is 6.48. The predicted molar refractivity (Wildman–Crippen MR) is 69.0 cm³/mol. The molecule has 0 unspecified atom stereocenters. The summed E-state index contributed by atoms with van der Waals surface area (Å²) in [6.07, 6.45) is 0. The fourth-order valence-corrected chi connectivity index (χ4v) is 1.10. The smallest absolute Gasteiger partial charge is 0.332 e. The van der Waals surface area contributed by atoms with Crippen LogP contribution in [0.1, 0.15) is 6.92 Å². The molecule has 7 heteroatoms. The lowest BCUT2D eigenvalue weighted by Crippen LogP contribution is -2.16. The highest BCUT2D eigenvalue weighted by Gasteiger charge is 2.00. The minimum Gasteiger partial charge on any atom is -0.464 e. The van der Waals surface area contributed by atoms with E-state index in [2.05, 4.69) is 0 Å². The summed E-state index contributed by atoms with van der Waals surface area (Å²) < 4.78 is 25.4. The lowest BCUT2D eigenvalue weighted by molar-refractivity contribution is -0.149. The van der Waals surface area contributed by atoms with Crippen molar-refractivity contribution >= 4 is 5.97 Å². The Labute approximate surface area is 114 Å². The van der Waals surface area contributed by atoms with Crippen LogP contribution in [0.3, 0.4) is 0 Å². The molecule has 2 N–H and O–H groups in total. The zero-order chi connectivity index (χ0) is 14.2. The first-order valence-electron chi connectivity index (χ1n) is 6.48. The predicted octanol–water partition coefficient (Wildman–Crippen LogP) is -0.425. The van der Waals surface area contributed by atoms with E-state index in [4.69, 9.17) is 29.4 Å². The van der Waals surface area contributed by atoms with Crippen LogP contribution in [0.4, 0.5) is 0 Å². The molecule has 19 heavy (non-hydrogen) atoms. The van der Waals surface area contributed by atoms with Gasteiger partial charge in [-0.2, -0.15) is 0 Å². The molecule has 0 saturated heterocycles. The highest BCUT2D eigenvalue weighted by Crippen LogP contribution is 1.84. The molecule has 0 bridgehead atoms. The van der Waals surface area contributed by atoms with Crippen LogP contribution < -0.4 is 5.73 Å². The highest BCUT2D eigenvalue weighted by atomic mass is 16.6. The van der Waals surface area contributed by atoms with E-state index in [9.17, 15) is 4.79 Å². The van der Waals surface area contributed by atoms with E-state index in [1.165, 1.54) is 0 Å². The van der Waals surface area contributed by atoms with Gasteiger partial charge >= 0.3 is 5.97 Å². The van der Waals surface area contributed by atoms with Crippen LogP contribution in [0.15, 0.2) is 0 Å². The number of nitrogens with two attached hydrogens (primary N) is 1. The third-order valence-electron chi connectivity index (χ3n) is 1.90. The van der Waals surface area contributed by atoms with Crippen LogP contribution in [0.2, 0.25) is 0 Å². The number of carbonyl (C=O) groups is 1. The van der Waals surface area contributed by atoms with Crippen molar-refractivity contribution in [3.05, 3.63) is 0 Å². The number of hydrogen-bond acceptors (Lipinski definition) is 7. The van der Waals surface area contributed by atoms with Gasteiger partial charge < -0.3 is 29.4 Å². The van der Waals surface area contributed by atoms with Crippen LogP contribution in [-0.4, -0.2) is 72.0 Å². The fourth-order valence-electron chi connectivity index (χ4n) is 1.10. The Balaban J connectivity index is 3.01. The minimum atomic E-state index is -0.358. The molecule has 0 radical (unpaired) electrons. The Kier molecular flexibility index (Phi) is 14.7. The average Bonchev–Trinajstić information content (AvgIpc) is 2.40. The van der Waals surface area contributed by atoms with Crippen LogP contribution in [0, 0.1) is 0 Å². The molecule has 0 atom stereocenters. The first kappa shape index (κ1) is 18.3. The van der Waals surface area contributed by atoms with E-state index in [1.807, 2.05) is 0 Å². The van der Waals surface area contributed by atoms with Crippen molar-refractivity contribution in [1.82, 2.24) is 0 Å². The van der Waals surface area contributed by atoms with Gasteiger partial charge in [0.2, 0.25) is 0 Å². The molecule has 114 valence electrons. The van der Waals surface area contributed by atoms with Gasteiger partial charge in [0.05, 0.1) is 52.9 Å². The second-order valence-electron chi connectivity index (χ2n) is 3.48. The monoisotopic (exact) mass is 279 g/mol. The fraction of sp³-hybridized carbons (Fsp3) is 0.917. The Morgan fingerprint density at radius 2 is 1.32 bits per heavy atom. The third kappa shape index (κ3) is 15.2. The van der Waals surface area contributed by atoms with Crippen molar-refractivity contribution in [2.24, 2.45) is 5.73 Å². The molecule has 7 nitrogen and oxygen atoms in total. The second kappa shape index (κ2) is 15.3. The molecule has 0 fully saturated rings. The quantitative estimate of drug-likeness (QED) is 0.341. The topological polar surface area (TPSA) is 89.2 Å². The van der Waals surface area contributed by atoms with E-state index < -0.39 is 0 Å². The van der Waals surface area contributed by atoms with Crippen molar-refractivity contribution in [2.45, 2.75) is 6.92 Å². The Hall–Kier alpha value is -0.730. The van der Waals surface area contributed by atoms with E-state index >= 15 is 0 Å². The van der Waals surface area contributed by atoms with Crippen LogP contribution in [0.5, 0.6) is 0 Å². The zero-order valence-electron chi connectivity index (χ0n) is 11.6. The van der Waals surface area contributed by atoms with Crippen LogP contribution in [-0.2, 0) is 28.5 Å². The molecule has 0 aromatic heterocycles. The standard InChI is InChI=1S/C12H25NO6/c1-2-19-12(14)11-18-10-9-17-8-7-16-6-5-15-4-3-13/h2-11,13H2,1H3. The van der Waals surface area contributed by atoms with E-state index in [1.54, 1.807) is 6.92 Å². The molecule has 0 aliphatic rings. The molecule has 0 aliphatic carbocycles. The van der Waals surface area contributed by atoms with Crippen molar-refractivity contribution in [3.8, 4) is 0 Å². The molecule has 0 aliphatic heterocycles. The maximum absolute atomic E-state index is 10.9. The minimum absolute atomic E-state index is 0.0355. The molecule has 0 heterocycles. The maximum atomic E-state index is 10.9. The normalized spacial score (nSPS) is 10.6. The largest absolute Gasteiger partial charge is 0.464 e. The Bertz CT molecular complexity index is 203. The van der Waals surface area contributed by atoms with Gasteiger partial charge in [-0.3, -0.25) is 0 Å². The molecule has 0 rings (SSSR count). The van der Waals surface area contributed by atoms with Gasteiger partial charge in [-0.15, -0.1) is 0 Å². The van der Waals surface area contributed by atoms with Gasteiger partial charge in [-0.05, 0) is 6.92 Å². The van der Waals surface area contributed by atoms with Crippen molar-refractivity contribution in [2.75, 3.05) is 66.0 Å². The van der Waals surface area contributed by atoms with Gasteiger partial charge in [0.25, 0.3) is 0 Å². The molecule has 0 saturated carbocycles. The summed E-state index contributed by atoms with van der Waals surface area (Å²) in [4.78, 5) is 10.9. The van der Waals surface area contributed by atoms with Crippen molar-refractivity contribution in [1.29, 1.82) is 0 Å². The van der Waals surface area contributed by atoms with E-state index in [0.717, 1.165) is 0 Å². The van der Waals surface area contributed by atoms with E-state index in [0.29, 0.717) is 59.4 Å². The van der Waals surface area contributed by atoms with Gasteiger partial charge in [0.1, 0.15) is 6.61 Å². The lowest BCUT2D eigenvalue weighted by Gasteiger charge is -2.07. The van der Waals surface area contributed by atoms with Crippen molar-refractivity contribution in [3.63, 3.8) is 0 Å². The number of carbonyl (C=O) groups excluding carboxylic acids is 1. The maximum Gasteiger partial charge on any atom is 0.332 e. The number of esters is 1. The number of hydrogen-bond donors (Lipinski definition) is 1. The SMILES string of the molecule is CCOC(=O)COCCOCCOCCOCCN. The van der Waals surface area contributed by atoms with Gasteiger partial charge in [0, 0.05) is 6.54 Å². The highest BCUT2D eigenvalue weighted by molar-refractivity contribution is 5.70. The molecule has 0 aromatic rings. The number of rotatable bonds is 14. The molecular formula is C12H25NO6. The van der Waals surface area contributed by atoms with Crippen LogP contribution in [0.25, 0.3) is 0 Å². The summed E-state index contributed by atoms with van der Waals surface area (Å²) in [5.41, 5.74) is 5.26. The molecule has 0 amide bonds. The summed E-state index contributed by atoms with van der Waals surface area (Å²) in [5.74, 6) is -0.358. The van der Waals surface area contributed by atoms with Gasteiger partial charge in [-0.25, -0.2) is 4.79 Å². The molecule has 0 spiro atoms. The first-order chi connectivity index (χ1) is 9.31. The van der Waals surface area contributed by atoms with Crippen LogP contribution >= 0.6 is 0 Å².